The molecule has 9 rings (SSSR count). The number of hydrogen-bond acceptors (Lipinski definition) is 5. The van der Waals surface area contributed by atoms with Crippen LogP contribution in [0.4, 0.5) is 0 Å². The maximum Gasteiger partial charge on any atom is 0.165 e. The van der Waals surface area contributed by atoms with Gasteiger partial charge in [0, 0.05) is 60.3 Å². The van der Waals surface area contributed by atoms with Gasteiger partial charge in [-0.2, -0.15) is 0 Å². The van der Waals surface area contributed by atoms with Crippen LogP contribution < -0.4 is 0 Å². The highest BCUT2D eigenvalue weighted by molar-refractivity contribution is 5.99. The fraction of sp³-hybridized carbons (Fsp3) is 0.526. The number of fused-ring (bicyclic) bond motifs is 5. The highest BCUT2D eigenvalue weighted by atomic mass is 16.1. The number of hydrogen-bond donors (Lipinski definition) is 0. The SMILES string of the molecule is CC(C)(C)C.CC(C)(C)C.CC(C)(C)C.CC(C)C.O=C1CCc2ncccc21.c1ccc2c(c1)Cc1cccnc1C2.c1cnc2c(c1)CCC2.c1cnc2c(c1)CCCC2. The van der Waals surface area contributed by atoms with Crippen LogP contribution in [0.1, 0.15) is 190 Å². The molecule has 5 nitrogen and oxygen atoms in total. The monoisotopic (exact) mass is 841 g/mol. The Morgan fingerprint density at radius 2 is 0.742 bits per heavy atom. The van der Waals surface area contributed by atoms with Crippen LogP contribution in [-0.4, -0.2) is 25.7 Å². The van der Waals surface area contributed by atoms with Crippen LogP contribution in [0.15, 0.2) is 97.6 Å². The minimum Gasteiger partial charge on any atom is -0.294 e. The topological polar surface area (TPSA) is 68.6 Å². The maximum absolute atomic E-state index is 11.0. The van der Waals surface area contributed by atoms with E-state index >= 15 is 0 Å². The van der Waals surface area contributed by atoms with Crippen LogP contribution in [0, 0.1) is 22.2 Å². The molecule has 338 valence electrons. The van der Waals surface area contributed by atoms with Gasteiger partial charge in [-0.3, -0.25) is 24.7 Å². The molecule has 5 aromatic rings. The molecule has 4 heterocycles. The third-order valence-electron chi connectivity index (χ3n) is 8.56. The zero-order valence-electron chi connectivity index (χ0n) is 41.8. The molecule has 0 saturated heterocycles. The largest absolute Gasteiger partial charge is 0.294 e. The lowest BCUT2D eigenvalue weighted by atomic mass is 9.89. The lowest BCUT2D eigenvalue weighted by molar-refractivity contribution is 0.0994. The van der Waals surface area contributed by atoms with Crippen molar-refractivity contribution in [3.8, 4) is 0 Å². The van der Waals surface area contributed by atoms with Gasteiger partial charge in [0.2, 0.25) is 0 Å². The van der Waals surface area contributed by atoms with Gasteiger partial charge in [0.15, 0.2) is 5.78 Å². The normalized spacial score (nSPS) is 13.8. The second-order valence-electron chi connectivity index (χ2n) is 22.2. The summed E-state index contributed by atoms with van der Waals surface area (Å²) < 4.78 is 0. The standard InChI is InChI=1S/C13H11N.C9H11N.C8H7NO.C8H9N.3C5H12.C4H10/c1-2-5-11-9-13-12(6-3-7-14-13)8-10(11)4-1;1-2-6-9-8(4-1)5-3-7-10-9;10-8-4-3-7-6(8)2-1-5-9-7;1-3-7-4-2-6-9-8(7)5-1;3*1-5(2,3)4;1-4(2)3/h1-7H,8-9H2;3,5,7H,1-2,4,6H2;1-2,5H,3-4H2;2,4,6H,1,3,5H2;3*1-4H3;4H,1-3H3. The number of rotatable bonds is 0. The molecule has 4 aliphatic rings. The Morgan fingerprint density at radius 3 is 1.21 bits per heavy atom. The van der Waals surface area contributed by atoms with Crippen molar-refractivity contribution < 1.29 is 4.79 Å². The van der Waals surface area contributed by atoms with E-state index in [9.17, 15) is 4.79 Å². The summed E-state index contributed by atoms with van der Waals surface area (Å²) in [6.45, 7) is 32.8. The van der Waals surface area contributed by atoms with Crippen molar-refractivity contribution in [1.29, 1.82) is 0 Å². The lowest BCUT2D eigenvalue weighted by Crippen LogP contribution is -2.08. The molecular formula is C57H84N4O. The Bertz CT molecular complexity index is 1840. The number of benzene rings is 1. The molecule has 4 aromatic heterocycles. The fourth-order valence-corrected chi connectivity index (χ4v) is 6.24. The van der Waals surface area contributed by atoms with E-state index in [1.165, 1.54) is 89.8 Å². The summed E-state index contributed by atoms with van der Waals surface area (Å²) in [4.78, 5) is 28.1. The first-order valence-corrected chi connectivity index (χ1v) is 23.3. The first kappa shape index (κ1) is 53.6. The minimum atomic E-state index is 0.239. The average molecular weight is 841 g/mol. The summed E-state index contributed by atoms with van der Waals surface area (Å²) in [6.07, 6.45) is 19.7. The zero-order valence-corrected chi connectivity index (χ0v) is 41.8. The Kier molecular flexibility index (Phi) is 23.2. The van der Waals surface area contributed by atoms with Crippen LogP contribution in [0.5, 0.6) is 0 Å². The van der Waals surface area contributed by atoms with Crippen molar-refractivity contribution in [2.24, 2.45) is 22.2 Å². The molecule has 5 heteroatoms. The van der Waals surface area contributed by atoms with Gasteiger partial charge in [-0.15, -0.1) is 0 Å². The van der Waals surface area contributed by atoms with Gasteiger partial charge in [0.1, 0.15) is 0 Å². The van der Waals surface area contributed by atoms with Crippen molar-refractivity contribution in [1.82, 2.24) is 19.9 Å². The van der Waals surface area contributed by atoms with Gasteiger partial charge >= 0.3 is 0 Å². The van der Waals surface area contributed by atoms with Crippen LogP contribution in [0.25, 0.3) is 0 Å². The molecule has 0 fully saturated rings. The molecule has 0 saturated carbocycles. The molecule has 0 N–H and O–H groups in total. The Morgan fingerprint density at radius 1 is 0.387 bits per heavy atom. The number of carbonyl (C=O) groups is 1. The third kappa shape index (κ3) is 25.4. The Hall–Kier alpha value is -4.51. The van der Waals surface area contributed by atoms with Gasteiger partial charge in [-0.25, -0.2) is 0 Å². The van der Waals surface area contributed by atoms with Crippen LogP contribution in [-0.2, 0) is 44.9 Å². The lowest BCUT2D eigenvalue weighted by Gasteiger charge is -2.17. The van der Waals surface area contributed by atoms with Gasteiger partial charge in [-0.1, -0.05) is 146 Å². The number of aromatic nitrogens is 4. The molecule has 0 bridgehead atoms. The number of nitrogens with zero attached hydrogens (tertiary/aromatic N) is 4. The van der Waals surface area contributed by atoms with E-state index in [1.807, 2.05) is 48.9 Å². The van der Waals surface area contributed by atoms with Gasteiger partial charge in [0.05, 0.1) is 5.69 Å². The Labute approximate surface area is 379 Å². The zero-order chi connectivity index (χ0) is 46.3. The van der Waals surface area contributed by atoms with Crippen molar-refractivity contribution in [2.75, 3.05) is 0 Å². The van der Waals surface area contributed by atoms with E-state index in [-0.39, 0.29) is 5.78 Å². The van der Waals surface area contributed by atoms with Crippen molar-refractivity contribution in [3.63, 3.8) is 0 Å². The molecule has 0 amide bonds. The minimum absolute atomic E-state index is 0.239. The number of carbonyl (C=O) groups excluding carboxylic acids is 1. The molecule has 0 unspecified atom stereocenters. The predicted molar refractivity (Wildman–Crippen MR) is 266 cm³/mol. The molecule has 0 spiro atoms. The average Bonchev–Trinajstić information content (AvgIpc) is 3.83. The van der Waals surface area contributed by atoms with E-state index in [2.05, 4.69) is 166 Å². The molecule has 62 heavy (non-hydrogen) atoms. The van der Waals surface area contributed by atoms with E-state index in [4.69, 9.17) is 0 Å². The third-order valence-corrected chi connectivity index (χ3v) is 8.56. The fourth-order valence-electron chi connectivity index (χ4n) is 6.24. The number of Topliss-reactive ketones (excluding diaryl/α,β-unsaturated/α-hetero) is 1. The maximum atomic E-state index is 11.0. The smallest absolute Gasteiger partial charge is 0.165 e. The van der Waals surface area contributed by atoms with E-state index < -0.39 is 0 Å². The molecule has 4 aliphatic carbocycles. The predicted octanol–water partition coefficient (Wildman–Crippen LogP) is 15.1. The first-order chi connectivity index (χ1) is 29.0. The molecule has 0 aliphatic heterocycles. The highest BCUT2D eigenvalue weighted by Crippen LogP contribution is 2.25. The van der Waals surface area contributed by atoms with Crippen LogP contribution >= 0.6 is 0 Å². The van der Waals surface area contributed by atoms with Gasteiger partial charge < -0.3 is 0 Å². The van der Waals surface area contributed by atoms with Crippen LogP contribution in [0.3, 0.4) is 0 Å². The summed E-state index contributed by atoms with van der Waals surface area (Å²) in [6, 6.07) is 24.9. The number of pyridine rings is 4. The molecular weight excluding hydrogens is 757 g/mol. The quantitative estimate of drug-likeness (QED) is 0.152. The molecule has 1 aromatic carbocycles. The highest BCUT2D eigenvalue weighted by Gasteiger charge is 2.19. The summed E-state index contributed by atoms with van der Waals surface area (Å²) >= 11 is 0. The second-order valence-corrected chi connectivity index (χ2v) is 22.2. The summed E-state index contributed by atoms with van der Waals surface area (Å²) in [5, 5.41) is 0. The van der Waals surface area contributed by atoms with E-state index in [0.29, 0.717) is 22.7 Å². The second kappa shape index (κ2) is 26.8. The summed E-state index contributed by atoms with van der Waals surface area (Å²) in [7, 11) is 0. The van der Waals surface area contributed by atoms with E-state index in [0.717, 1.165) is 36.4 Å². The summed E-state index contributed by atoms with van der Waals surface area (Å²) in [5.74, 6) is 1.07. The van der Waals surface area contributed by atoms with Gasteiger partial charge in [0.25, 0.3) is 0 Å². The van der Waals surface area contributed by atoms with Crippen molar-refractivity contribution >= 4 is 5.78 Å². The first-order valence-electron chi connectivity index (χ1n) is 23.3. The summed E-state index contributed by atoms with van der Waals surface area (Å²) in [5.41, 5.74) is 14.4. The molecule has 0 radical (unpaired) electrons. The number of ketones is 1. The number of aryl methyl sites for hydroxylation is 5. The Balaban J connectivity index is 0.000000254. The van der Waals surface area contributed by atoms with E-state index in [1.54, 1.807) is 6.20 Å². The van der Waals surface area contributed by atoms with Gasteiger partial charge in [-0.05, 0) is 138 Å². The van der Waals surface area contributed by atoms with Crippen molar-refractivity contribution in [2.45, 2.75) is 174 Å². The van der Waals surface area contributed by atoms with Crippen LogP contribution in [0.2, 0.25) is 0 Å². The van der Waals surface area contributed by atoms with Crippen molar-refractivity contribution in [3.05, 3.63) is 154 Å². The molecule has 0 atom stereocenters.